The Morgan fingerprint density at radius 3 is 2.27 bits per heavy atom. The van der Waals surface area contributed by atoms with Crippen LogP contribution in [-0.4, -0.2) is 31.6 Å². The van der Waals surface area contributed by atoms with Crippen molar-refractivity contribution in [2.24, 2.45) is 5.14 Å². The lowest BCUT2D eigenvalue weighted by Gasteiger charge is -2.09. The molecule has 3 rings (SSSR count). The van der Waals surface area contributed by atoms with Gasteiger partial charge in [0.15, 0.2) is 0 Å². The molecule has 2 aromatic carbocycles. The number of carbonyl (C=O) groups is 1. The molecule has 0 aliphatic heterocycles. The molecule has 0 radical (unpaired) electrons. The maximum absolute atomic E-state index is 13.4. The Kier molecular flexibility index (Phi) is 6.35. The molecule has 0 atom stereocenters. The average Bonchev–Trinajstić information content (AvgIpc) is 3.11. The minimum Gasteiger partial charge on any atom is -0.468 e. The zero-order chi connectivity index (χ0) is 21.9. The van der Waals surface area contributed by atoms with Gasteiger partial charge in [-0.05, 0) is 41.8 Å². The largest absolute Gasteiger partial charge is 0.468 e. The van der Waals surface area contributed by atoms with Crippen LogP contribution in [0.4, 0.5) is 4.39 Å². The minimum atomic E-state index is -3.81. The van der Waals surface area contributed by atoms with E-state index in [4.69, 9.17) is 9.56 Å². The molecule has 1 heterocycles. The number of nitrogens with zero attached hydrogens (tertiary/aromatic N) is 1. The van der Waals surface area contributed by atoms with Gasteiger partial charge < -0.3 is 4.42 Å². The molecular formula is C21H21FN2O5S. The second-order valence-corrected chi connectivity index (χ2v) is 8.36. The summed E-state index contributed by atoms with van der Waals surface area (Å²) < 4.78 is 42.2. The summed E-state index contributed by atoms with van der Waals surface area (Å²) in [6, 6.07) is 12.0. The van der Waals surface area contributed by atoms with Gasteiger partial charge in [-0.25, -0.2) is 23.0 Å². The number of benzene rings is 2. The summed E-state index contributed by atoms with van der Waals surface area (Å²) in [6.07, 6.45) is 2.53. The van der Waals surface area contributed by atoms with E-state index in [-0.39, 0.29) is 17.1 Å². The predicted molar refractivity (Wildman–Crippen MR) is 108 cm³/mol. The Balaban J connectivity index is 1.98. The summed E-state index contributed by atoms with van der Waals surface area (Å²) in [7, 11) is -2.55. The number of aryl methyl sites for hydroxylation is 1. The van der Waals surface area contributed by atoms with Gasteiger partial charge in [-0.3, -0.25) is 10.0 Å². The van der Waals surface area contributed by atoms with Crippen molar-refractivity contribution in [3.63, 3.8) is 0 Å². The van der Waals surface area contributed by atoms with Gasteiger partial charge in [0, 0.05) is 31.0 Å². The third-order valence-electron chi connectivity index (χ3n) is 4.65. The molecule has 0 spiro atoms. The molecule has 0 unspecified atom stereocenters. The highest BCUT2D eigenvalue weighted by Crippen LogP contribution is 2.37. The molecule has 0 fully saturated rings. The third-order valence-corrected chi connectivity index (χ3v) is 5.58. The van der Waals surface area contributed by atoms with E-state index in [2.05, 4.69) is 0 Å². The van der Waals surface area contributed by atoms with E-state index in [0.717, 1.165) is 11.1 Å². The smallest absolute Gasteiger partial charge is 0.245 e. The zero-order valence-electron chi connectivity index (χ0n) is 16.2. The molecule has 3 N–H and O–H groups in total. The second kappa shape index (κ2) is 8.78. The second-order valence-electron chi connectivity index (χ2n) is 6.79. The zero-order valence-corrected chi connectivity index (χ0v) is 17.0. The molecule has 7 nitrogen and oxygen atoms in total. The Hall–Kier alpha value is -3.01. The molecule has 9 heteroatoms. The molecule has 0 saturated carbocycles. The number of hydrogen-bond donors (Lipinski definition) is 2. The number of nitrogens with two attached hydrogens (primary N) is 1. The summed E-state index contributed by atoms with van der Waals surface area (Å²) in [5, 5.41) is 14.9. The van der Waals surface area contributed by atoms with Crippen molar-refractivity contribution in [2.75, 3.05) is 7.05 Å². The Bertz CT molecular complexity index is 1140. The number of carbonyl (C=O) groups excluding carboxylic acids is 1. The number of amides is 1. The first-order valence-electron chi connectivity index (χ1n) is 9.12. The highest BCUT2D eigenvalue weighted by atomic mass is 32.2. The van der Waals surface area contributed by atoms with E-state index in [1.807, 2.05) is 0 Å². The summed E-state index contributed by atoms with van der Waals surface area (Å²) >= 11 is 0. The van der Waals surface area contributed by atoms with Crippen molar-refractivity contribution in [1.82, 2.24) is 5.06 Å². The Morgan fingerprint density at radius 1 is 1.10 bits per heavy atom. The number of halogens is 1. The van der Waals surface area contributed by atoms with Gasteiger partial charge in [0.05, 0.1) is 11.2 Å². The molecule has 30 heavy (non-hydrogen) atoms. The maximum atomic E-state index is 13.4. The fraction of sp³-hybridized carbons (Fsp3) is 0.190. The van der Waals surface area contributed by atoms with E-state index < -0.39 is 15.9 Å². The summed E-state index contributed by atoms with van der Waals surface area (Å²) in [6.45, 7) is 0. The van der Waals surface area contributed by atoms with Crippen molar-refractivity contribution >= 4 is 15.9 Å². The quantitative estimate of drug-likeness (QED) is 0.438. The standard InChI is InChI=1S/C21H21FN2O5S/c1-24(26)20(25)4-2-3-19-21(15-5-9-16(22)10-6-15)18(13-29-19)14-7-11-17(12-8-14)30(23,27)28/h5-13,26H,2-4H2,1H3,(H2,23,27,28). The fourth-order valence-electron chi connectivity index (χ4n) is 3.11. The maximum Gasteiger partial charge on any atom is 0.245 e. The van der Waals surface area contributed by atoms with Crippen LogP contribution in [0.5, 0.6) is 0 Å². The van der Waals surface area contributed by atoms with Gasteiger partial charge in [0.2, 0.25) is 15.9 Å². The predicted octanol–water partition coefficient (Wildman–Crippen LogP) is 3.57. The average molecular weight is 432 g/mol. The Morgan fingerprint density at radius 2 is 1.70 bits per heavy atom. The first-order chi connectivity index (χ1) is 14.2. The molecule has 0 bridgehead atoms. The normalized spacial score (nSPS) is 11.5. The highest BCUT2D eigenvalue weighted by molar-refractivity contribution is 7.89. The molecule has 0 saturated heterocycles. The topological polar surface area (TPSA) is 114 Å². The van der Waals surface area contributed by atoms with Crippen LogP contribution in [0.2, 0.25) is 0 Å². The van der Waals surface area contributed by atoms with E-state index >= 15 is 0 Å². The lowest BCUT2D eigenvalue weighted by Crippen LogP contribution is -2.22. The number of primary sulfonamides is 1. The number of rotatable bonds is 7. The van der Waals surface area contributed by atoms with Crippen LogP contribution >= 0.6 is 0 Å². The molecule has 158 valence electrons. The number of furan rings is 1. The van der Waals surface area contributed by atoms with Crippen LogP contribution in [0.15, 0.2) is 64.1 Å². The monoisotopic (exact) mass is 432 g/mol. The van der Waals surface area contributed by atoms with Crippen LogP contribution in [0.1, 0.15) is 18.6 Å². The highest BCUT2D eigenvalue weighted by Gasteiger charge is 2.18. The van der Waals surface area contributed by atoms with Crippen molar-refractivity contribution in [3.05, 3.63) is 66.4 Å². The van der Waals surface area contributed by atoms with E-state index in [0.29, 0.717) is 34.8 Å². The Labute approximate surface area is 173 Å². The SMILES string of the molecule is CN(O)C(=O)CCCc1occ(-c2ccc(S(N)(=O)=O)cc2)c1-c1ccc(F)cc1. The van der Waals surface area contributed by atoms with Crippen LogP contribution in [-0.2, 0) is 21.2 Å². The van der Waals surface area contributed by atoms with Gasteiger partial charge in [0.25, 0.3) is 0 Å². The molecule has 0 aliphatic rings. The summed E-state index contributed by atoms with van der Waals surface area (Å²) in [4.78, 5) is 11.6. The van der Waals surface area contributed by atoms with Gasteiger partial charge in [0.1, 0.15) is 11.6 Å². The van der Waals surface area contributed by atoms with Crippen molar-refractivity contribution < 1.29 is 27.2 Å². The fourth-order valence-corrected chi connectivity index (χ4v) is 3.63. The molecule has 1 amide bonds. The van der Waals surface area contributed by atoms with Crippen LogP contribution < -0.4 is 5.14 Å². The molecule has 1 aromatic heterocycles. The van der Waals surface area contributed by atoms with Crippen LogP contribution in [0.25, 0.3) is 22.3 Å². The van der Waals surface area contributed by atoms with E-state index in [1.54, 1.807) is 30.5 Å². The van der Waals surface area contributed by atoms with Crippen molar-refractivity contribution in [2.45, 2.75) is 24.2 Å². The van der Waals surface area contributed by atoms with Gasteiger partial charge >= 0.3 is 0 Å². The van der Waals surface area contributed by atoms with Crippen molar-refractivity contribution in [1.29, 1.82) is 0 Å². The first-order valence-corrected chi connectivity index (χ1v) is 10.7. The number of hydrogen-bond acceptors (Lipinski definition) is 5. The summed E-state index contributed by atoms with van der Waals surface area (Å²) in [5.41, 5.74) is 2.84. The molecule has 3 aromatic rings. The third kappa shape index (κ3) is 4.93. The lowest BCUT2D eigenvalue weighted by molar-refractivity contribution is -0.159. The lowest BCUT2D eigenvalue weighted by atomic mass is 9.95. The van der Waals surface area contributed by atoms with Gasteiger partial charge in [-0.2, -0.15) is 0 Å². The van der Waals surface area contributed by atoms with E-state index in [1.165, 1.54) is 31.3 Å². The van der Waals surface area contributed by atoms with Gasteiger partial charge in [-0.1, -0.05) is 24.3 Å². The molecular weight excluding hydrogens is 411 g/mol. The van der Waals surface area contributed by atoms with Gasteiger partial charge in [-0.15, -0.1) is 0 Å². The minimum absolute atomic E-state index is 0.00932. The molecule has 0 aliphatic carbocycles. The van der Waals surface area contributed by atoms with Crippen LogP contribution in [0, 0.1) is 5.82 Å². The number of hydroxylamine groups is 2. The first kappa shape index (κ1) is 21.7. The summed E-state index contributed by atoms with van der Waals surface area (Å²) in [5.74, 6) is -0.191. The van der Waals surface area contributed by atoms with Crippen LogP contribution in [0.3, 0.4) is 0 Å². The van der Waals surface area contributed by atoms with Crippen molar-refractivity contribution in [3.8, 4) is 22.3 Å². The van der Waals surface area contributed by atoms with E-state index in [9.17, 15) is 22.8 Å². The number of sulfonamides is 1.